The maximum Gasteiger partial charge on any atom is 0.324 e. The highest BCUT2D eigenvalue weighted by Gasteiger charge is 2.23. The second kappa shape index (κ2) is 8.74. The number of hydrogen-bond donors (Lipinski definition) is 2. The van der Waals surface area contributed by atoms with Crippen LogP contribution in [0.5, 0.6) is 0 Å². The van der Waals surface area contributed by atoms with Crippen molar-refractivity contribution in [3.8, 4) is 0 Å². The topological polar surface area (TPSA) is 102 Å². The number of nitrogens with one attached hydrogen (secondary N) is 2. The van der Waals surface area contributed by atoms with Crippen molar-refractivity contribution >= 4 is 27.6 Å². The molecule has 0 fully saturated rings. The van der Waals surface area contributed by atoms with Crippen molar-refractivity contribution in [1.82, 2.24) is 4.72 Å². The Labute approximate surface area is 156 Å². The molecule has 2 rings (SSSR count). The molecule has 0 aliphatic heterocycles. The van der Waals surface area contributed by atoms with E-state index < -0.39 is 27.9 Å². The summed E-state index contributed by atoms with van der Waals surface area (Å²) in [4.78, 5) is 22.9. The molecule has 27 heavy (non-hydrogen) atoms. The summed E-state index contributed by atoms with van der Waals surface area (Å²) in [6.07, 6.45) is 0. The van der Waals surface area contributed by atoms with Crippen LogP contribution in [0.3, 0.4) is 0 Å². The molecule has 7 nitrogen and oxygen atoms in total. The van der Waals surface area contributed by atoms with Crippen molar-refractivity contribution < 1.29 is 27.1 Å². The predicted octanol–water partition coefficient (Wildman–Crippen LogP) is 2.19. The first-order valence-electron chi connectivity index (χ1n) is 7.99. The van der Waals surface area contributed by atoms with Crippen molar-refractivity contribution in [2.75, 3.05) is 5.32 Å². The molecule has 0 heterocycles. The number of amides is 1. The molecular formula is C18H19FN2O5S. The molecule has 0 saturated carbocycles. The van der Waals surface area contributed by atoms with Gasteiger partial charge in [0.1, 0.15) is 18.5 Å². The second-order valence-electron chi connectivity index (χ2n) is 5.75. The van der Waals surface area contributed by atoms with Crippen LogP contribution in [0.15, 0.2) is 53.4 Å². The molecule has 0 aliphatic rings. The highest BCUT2D eigenvalue weighted by Crippen LogP contribution is 2.15. The van der Waals surface area contributed by atoms with Crippen LogP contribution in [0, 0.1) is 5.82 Å². The monoisotopic (exact) mass is 394 g/mol. The Morgan fingerprint density at radius 3 is 2.33 bits per heavy atom. The lowest BCUT2D eigenvalue weighted by Crippen LogP contribution is -2.39. The van der Waals surface area contributed by atoms with Crippen LogP contribution < -0.4 is 10.0 Å². The van der Waals surface area contributed by atoms with E-state index in [9.17, 15) is 22.4 Å². The number of anilines is 1. The number of carbonyl (C=O) groups is 2. The molecule has 0 aliphatic carbocycles. The van der Waals surface area contributed by atoms with E-state index in [1.165, 1.54) is 56.3 Å². The van der Waals surface area contributed by atoms with E-state index in [2.05, 4.69) is 10.0 Å². The average molecular weight is 394 g/mol. The molecule has 9 heteroatoms. The summed E-state index contributed by atoms with van der Waals surface area (Å²) >= 11 is 0. The fraction of sp³-hybridized carbons (Fsp3) is 0.222. The summed E-state index contributed by atoms with van der Waals surface area (Å²) in [5, 5.41) is 2.52. The number of carbonyl (C=O) groups excluding carboxylic acids is 2. The zero-order chi connectivity index (χ0) is 20.0. The molecule has 0 radical (unpaired) electrons. The summed E-state index contributed by atoms with van der Waals surface area (Å²) in [5.41, 5.74) is 0.633. The van der Waals surface area contributed by atoms with E-state index in [-0.39, 0.29) is 23.0 Å². The van der Waals surface area contributed by atoms with Crippen LogP contribution in [0.1, 0.15) is 19.4 Å². The van der Waals surface area contributed by atoms with Gasteiger partial charge < -0.3 is 10.1 Å². The van der Waals surface area contributed by atoms with Crippen molar-refractivity contribution in [3.63, 3.8) is 0 Å². The lowest BCUT2D eigenvalue weighted by atomic mass is 10.2. The van der Waals surface area contributed by atoms with Gasteiger partial charge in [-0.25, -0.2) is 12.8 Å². The average Bonchev–Trinajstić information content (AvgIpc) is 2.60. The molecule has 0 bridgehead atoms. The fourth-order valence-electron chi connectivity index (χ4n) is 2.16. The second-order valence-corrected chi connectivity index (χ2v) is 7.46. The van der Waals surface area contributed by atoms with Gasteiger partial charge >= 0.3 is 5.97 Å². The van der Waals surface area contributed by atoms with Crippen LogP contribution in [-0.4, -0.2) is 26.3 Å². The van der Waals surface area contributed by atoms with Crippen LogP contribution >= 0.6 is 0 Å². The third kappa shape index (κ3) is 5.87. The first-order chi connectivity index (χ1) is 12.7. The lowest BCUT2D eigenvalue weighted by Gasteiger charge is -2.14. The van der Waals surface area contributed by atoms with Crippen molar-refractivity contribution in [3.05, 3.63) is 59.9 Å². The van der Waals surface area contributed by atoms with E-state index in [0.717, 1.165) is 0 Å². The van der Waals surface area contributed by atoms with Crippen LogP contribution in [-0.2, 0) is 31.0 Å². The van der Waals surface area contributed by atoms with Gasteiger partial charge in [0.25, 0.3) is 0 Å². The highest BCUT2D eigenvalue weighted by molar-refractivity contribution is 7.89. The van der Waals surface area contributed by atoms with Gasteiger partial charge in [0.15, 0.2) is 0 Å². The SMILES string of the molecule is CC(=O)Nc1ccc(S(=O)(=O)N[C@@H](C)C(=O)OCc2ccccc2F)cc1. The highest BCUT2D eigenvalue weighted by atomic mass is 32.2. The Bertz CT molecular complexity index is 929. The largest absolute Gasteiger partial charge is 0.460 e. The Balaban J connectivity index is 1.98. The van der Waals surface area contributed by atoms with Crippen LogP contribution in [0.2, 0.25) is 0 Å². The van der Waals surface area contributed by atoms with Crippen molar-refractivity contribution in [2.45, 2.75) is 31.4 Å². The van der Waals surface area contributed by atoms with Crippen molar-refractivity contribution in [2.24, 2.45) is 0 Å². The quantitative estimate of drug-likeness (QED) is 0.701. The molecule has 2 aromatic rings. The number of ether oxygens (including phenoxy) is 1. The van der Waals surface area contributed by atoms with Crippen LogP contribution in [0.25, 0.3) is 0 Å². The number of rotatable bonds is 7. The standard InChI is InChI=1S/C18H19FN2O5S/c1-12(18(23)26-11-14-5-3-4-6-17(14)19)21-27(24,25)16-9-7-15(8-10-16)20-13(2)22/h3-10,12,21H,11H2,1-2H3,(H,20,22)/t12-/m0/s1. The summed E-state index contributed by atoms with van der Waals surface area (Å²) in [6, 6.07) is 10.1. The van der Waals surface area contributed by atoms with E-state index in [1.54, 1.807) is 6.07 Å². The smallest absolute Gasteiger partial charge is 0.324 e. The minimum absolute atomic E-state index is 0.0784. The summed E-state index contributed by atoms with van der Waals surface area (Å²) < 4.78 is 45.4. The lowest BCUT2D eigenvalue weighted by molar-refractivity contribution is -0.146. The first kappa shape index (κ1) is 20.5. The molecule has 0 unspecified atom stereocenters. The molecule has 0 saturated heterocycles. The van der Waals surface area contributed by atoms with Crippen LogP contribution in [0.4, 0.5) is 10.1 Å². The van der Waals surface area contributed by atoms with Gasteiger partial charge in [-0.05, 0) is 37.3 Å². The predicted molar refractivity (Wildman–Crippen MR) is 96.7 cm³/mol. The molecule has 1 amide bonds. The Kier molecular flexibility index (Phi) is 6.65. The number of hydrogen-bond acceptors (Lipinski definition) is 5. The molecule has 144 valence electrons. The van der Waals surface area contributed by atoms with E-state index >= 15 is 0 Å². The maximum absolute atomic E-state index is 13.5. The number of esters is 1. The number of sulfonamides is 1. The van der Waals surface area contributed by atoms with Gasteiger partial charge in [-0.2, -0.15) is 4.72 Å². The van der Waals surface area contributed by atoms with Gasteiger partial charge in [-0.1, -0.05) is 18.2 Å². The molecule has 1 atom stereocenters. The summed E-state index contributed by atoms with van der Waals surface area (Å²) in [6.45, 7) is 2.36. The molecule has 2 N–H and O–H groups in total. The number of halogens is 1. The van der Waals surface area contributed by atoms with E-state index in [1.807, 2.05) is 0 Å². The Hall–Kier alpha value is -2.78. The van der Waals surface area contributed by atoms with E-state index in [4.69, 9.17) is 4.74 Å². The molecule has 0 spiro atoms. The molecule has 2 aromatic carbocycles. The summed E-state index contributed by atoms with van der Waals surface area (Å²) in [7, 11) is -3.98. The number of benzene rings is 2. The third-order valence-corrected chi connectivity index (χ3v) is 5.05. The normalized spacial score (nSPS) is 12.3. The first-order valence-corrected chi connectivity index (χ1v) is 9.47. The fourth-order valence-corrected chi connectivity index (χ4v) is 3.35. The maximum atomic E-state index is 13.5. The minimum Gasteiger partial charge on any atom is -0.460 e. The minimum atomic E-state index is -3.98. The molecule has 0 aromatic heterocycles. The molecular weight excluding hydrogens is 375 g/mol. The van der Waals surface area contributed by atoms with Gasteiger partial charge in [0.2, 0.25) is 15.9 Å². The van der Waals surface area contributed by atoms with Gasteiger partial charge in [-0.3, -0.25) is 9.59 Å². The van der Waals surface area contributed by atoms with Crippen molar-refractivity contribution in [1.29, 1.82) is 0 Å². The Morgan fingerprint density at radius 1 is 1.11 bits per heavy atom. The van der Waals surface area contributed by atoms with Gasteiger partial charge in [0, 0.05) is 18.2 Å². The zero-order valence-electron chi connectivity index (χ0n) is 14.7. The summed E-state index contributed by atoms with van der Waals surface area (Å²) in [5.74, 6) is -1.63. The van der Waals surface area contributed by atoms with Gasteiger partial charge in [0.05, 0.1) is 4.90 Å². The van der Waals surface area contributed by atoms with Gasteiger partial charge in [-0.15, -0.1) is 0 Å². The third-order valence-electron chi connectivity index (χ3n) is 3.50. The van der Waals surface area contributed by atoms with E-state index in [0.29, 0.717) is 5.69 Å². The zero-order valence-corrected chi connectivity index (χ0v) is 15.5. The Morgan fingerprint density at radius 2 is 1.74 bits per heavy atom.